The lowest BCUT2D eigenvalue weighted by molar-refractivity contribution is 0.475. The summed E-state index contributed by atoms with van der Waals surface area (Å²) >= 11 is 3.50. The lowest BCUT2D eigenvalue weighted by atomic mass is 10.1. The molecule has 1 heterocycles. The van der Waals surface area contributed by atoms with E-state index < -0.39 is 0 Å². The van der Waals surface area contributed by atoms with E-state index in [0.29, 0.717) is 6.04 Å². The molecule has 3 rings (SSSR count). The highest BCUT2D eigenvalue weighted by Crippen LogP contribution is 2.32. The second-order valence-corrected chi connectivity index (χ2v) is 6.45. The highest BCUT2D eigenvalue weighted by Gasteiger charge is 2.16. The maximum Gasteiger partial charge on any atom is 0.141 e. The summed E-state index contributed by atoms with van der Waals surface area (Å²) in [6.45, 7) is 6.31. The van der Waals surface area contributed by atoms with Crippen molar-refractivity contribution in [2.45, 2.75) is 26.8 Å². The predicted octanol–water partition coefficient (Wildman–Crippen LogP) is 5.06. The number of aryl methyl sites for hydroxylation is 1. The smallest absolute Gasteiger partial charge is 0.141 e. The Kier molecular flexibility index (Phi) is 3.49. The molecule has 21 heavy (non-hydrogen) atoms. The fourth-order valence-corrected chi connectivity index (χ4v) is 3.03. The van der Waals surface area contributed by atoms with Crippen molar-refractivity contribution in [1.29, 1.82) is 0 Å². The van der Waals surface area contributed by atoms with Gasteiger partial charge in [0.2, 0.25) is 0 Å². The Labute approximate surface area is 132 Å². The number of fused-ring (bicyclic) bond motifs is 1. The van der Waals surface area contributed by atoms with E-state index in [0.717, 1.165) is 32.5 Å². The molecule has 0 unspecified atom stereocenters. The number of aromatic hydroxyl groups is 1. The monoisotopic (exact) mass is 344 g/mol. The first-order valence-corrected chi connectivity index (χ1v) is 7.74. The predicted molar refractivity (Wildman–Crippen MR) is 89.7 cm³/mol. The number of hydrogen-bond donors (Lipinski definition) is 1. The van der Waals surface area contributed by atoms with Crippen molar-refractivity contribution in [1.82, 2.24) is 9.55 Å². The van der Waals surface area contributed by atoms with Crippen molar-refractivity contribution < 1.29 is 5.11 Å². The summed E-state index contributed by atoms with van der Waals surface area (Å²) in [5, 5.41) is 9.61. The van der Waals surface area contributed by atoms with Crippen molar-refractivity contribution in [3.63, 3.8) is 0 Å². The maximum absolute atomic E-state index is 9.61. The van der Waals surface area contributed by atoms with E-state index in [2.05, 4.69) is 40.4 Å². The fraction of sp³-hybridized carbons (Fsp3) is 0.235. The van der Waals surface area contributed by atoms with Gasteiger partial charge >= 0.3 is 0 Å². The minimum atomic E-state index is 0.284. The molecule has 0 fully saturated rings. The van der Waals surface area contributed by atoms with Crippen molar-refractivity contribution >= 4 is 27.0 Å². The van der Waals surface area contributed by atoms with E-state index in [1.807, 2.05) is 25.1 Å². The van der Waals surface area contributed by atoms with Crippen LogP contribution in [0.15, 0.2) is 40.9 Å². The molecule has 0 atom stereocenters. The van der Waals surface area contributed by atoms with Gasteiger partial charge in [-0.05, 0) is 62.7 Å². The second kappa shape index (κ2) is 5.19. The van der Waals surface area contributed by atoms with Gasteiger partial charge in [-0.15, -0.1) is 0 Å². The number of aromatic nitrogens is 2. The Bertz CT molecular complexity index is 821. The number of phenolic OH excluding ortho intramolecular Hbond substituents is 1. The number of benzene rings is 2. The zero-order chi connectivity index (χ0) is 15.1. The average Bonchev–Trinajstić information content (AvgIpc) is 2.76. The maximum atomic E-state index is 9.61. The third-order valence-electron chi connectivity index (χ3n) is 3.62. The molecule has 2 aromatic carbocycles. The van der Waals surface area contributed by atoms with Crippen LogP contribution in [0, 0.1) is 6.92 Å². The van der Waals surface area contributed by atoms with Gasteiger partial charge in [0.25, 0.3) is 0 Å². The number of phenols is 1. The highest BCUT2D eigenvalue weighted by molar-refractivity contribution is 9.10. The summed E-state index contributed by atoms with van der Waals surface area (Å²) in [5.74, 6) is 1.22. The summed E-state index contributed by atoms with van der Waals surface area (Å²) in [5.41, 5.74) is 4.16. The Hall–Kier alpha value is -1.81. The van der Waals surface area contributed by atoms with Crippen LogP contribution in [0.4, 0.5) is 0 Å². The van der Waals surface area contributed by atoms with Crippen LogP contribution in [0.3, 0.4) is 0 Å². The van der Waals surface area contributed by atoms with E-state index in [-0.39, 0.29) is 5.75 Å². The Morgan fingerprint density at radius 2 is 1.90 bits per heavy atom. The molecule has 0 amide bonds. The highest BCUT2D eigenvalue weighted by atomic mass is 79.9. The largest absolute Gasteiger partial charge is 0.508 e. The molecule has 0 radical (unpaired) electrons. The summed E-state index contributed by atoms with van der Waals surface area (Å²) in [4.78, 5) is 4.81. The SMILES string of the molecule is Cc1cc(O)ccc1-c1nc2cc(Br)ccc2n1C(C)C. The number of hydrogen-bond acceptors (Lipinski definition) is 2. The fourth-order valence-electron chi connectivity index (χ4n) is 2.68. The molecule has 0 aliphatic heterocycles. The molecule has 0 aliphatic rings. The Morgan fingerprint density at radius 3 is 2.57 bits per heavy atom. The molecular formula is C17H17BrN2O. The van der Waals surface area contributed by atoms with Crippen LogP contribution in [-0.4, -0.2) is 14.7 Å². The van der Waals surface area contributed by atoms with E-state index >= 15 is 0 Å². The number of nitrogens with zero attached hydrogens (tertiary/aromatic N) is 2. The van der Waals surface area contributed by atoms with Crippen LogP contribution in [0.1, 0.15) is 25.5 Å². The molecule has 0 aliphatic carbocycles. The van der Waals surface area contributed by atoms with Gasteiger partial charge in [0.15, 0.2) is 0 Å². The van der Waals surface area contributed by atoms with Gasteiger partial charge in [0.1, 0.15) is 11.6 Å². The van der Waals surface area contributed by atoms with E-state index in [4.69, 9.17) is 4.98 Å². The van der Waals surface area contributed by atoms with Gasteiger partial charge in [-0.25, -0.2) is 4.98 Å². The van der Waals surface area contributed by atoms with Crippen molar-refractivity contribution in [3.8, 4) is 17.1 Å². The van der Waals surface area contributed by atoms with Crippen molar-refractivity contribution in [3.05, 3.63) is 46.4 Å². The van der Waals surface area contributed by atoms with Gasteiger partial charge < -0.3 is 9.67 Å². The second-order valence-electron chi connectivity index (χ2n) is 5.53. The molecule has 108 valence electrons. The van der Waals surface area contributed by atoms with Gasteiger partial charge in [0.05, 0.1) is 11.0 Å². The molecule has 1 aromatic heterocycles. The zero-order valence-corrected chi connectivity index (χ0v) is 13.8. The minimum Gasteiger partial charge on any atom is -0.508 e. The molecule has 4 heteroatoms. The van der Waals surface area contributed by atoms with Crippen LogP contribution < -0.4 is 0 Å². The first kappa shape index (κ1) is 14.1. The lowest BCUT2D eigenvalue weighted by Gasteiger charge is -2.14. The molecular weight excluding hydrogens is 328 g/mol. The van der Waals surface area contributed by atoms with Crippen LogP contribution in [-0.2, 0) is 0 Å². The number of imidazole rings is 1. The van der Waals surface area contributed by atoms with Gasteiger partial charge in [0, 0.05) is 16.1 Å². The molecule has 0 bridgehead atoms. The molecule has 0 saturated carbocycles. The Morgan fingerprint density at radius 1 is 1.14 bits per heavy atom. The van der Waals surface area contributed by atoms with Crippen LogP contribution in [0.25, 0.3) is 22.4 Å². The molecule has 3 nitrogen and oxygen atoms in total. The van der Waals surface area contributed by atoms with Crippen molar-refractivity contribution in [2.24, 2.45) is 0 Å². The third-order valence-corrected chi connectivity index (χ3v) is 4.11. The van der Waals surface area contributed by atoms with E-state index in [1.165, 1.54) is 0 Å². The standard InChI is InChI=1S/C17H17BrN2O/c1-10(2)20-16-7-4-12(18)9-15(16)19-17(20)14-6-5-13(21)8-11(14)3/h4-10,21H,1-3H3. The molecule has 3 aromatic rings. The minimum absolute atomic E-state index is 0.284. The van der Waals surface area contributed by atoms with Crippen LogP contribution >= 0.6 is 15.9 Å². The molecule has 0 saturated heterocycles. The van der Waals surface area contributed by atoms with Gasteiger partial charge in [-0.2, -0.15) is 0 Å². The third kappa shape index (κ3) is 2.44. The summed E-state index contributed by atoms with van der Waals surface area (Å²) in [7, 11) is 0. The summed E-state index contributed by atoms with van der Waals surface area (Å²) < 4.78 is 3.26. The topological polar surface area (TPSA) is 38.1 Å². The molecule has 1 N–H and O–H groups in total. The summed E-state index contributed by atoms with van der Waals surface area (Å²) in [6, 6.07) is 11.9. The quantitative estimate of drug-likeness (QED) is 0.705. The van der Waals surface area contributed by atoms with E-state index in [9.17, 15) is 5.11 Å². The average molecular weight is 345 g/mol. The van der Waals surface area contributed by atoms with Gasteiger partial charge in [-0.1, -0.05) is 15.9 Å². The lowest BCUT2D eigenvalue weighted by Crippen LogP contribution is -2.03. The zero-order valence-electron chi connectivity index (χ0n) is 12.3. The summed E-state index contributed by atoms with van der Waals surface area (Å²) in [6.07, 6.45) is 0. The van der Waals surface area contributed by atoms with Crippen LogP contribution in [0.5, 0.6) is 5.75 Å². The number of rotatable bonds is 2. The normalized spacial score (nSPS) is 11.5. The van der Waals surface area contributed by atoms with Crippen molar-refractivity contribution in [2.75, 3.05) is 0 Å². The first-order chi connectivity index (χ1) is 9.97. The van der Waals surface area contributed by atoms with Crippen LogP contribution in [0.2, 0.25) is 0 Å². The number of halogens is 1. The Balaban J connectivity index is 2.33. The van der Waals surface area contributed by atoms with E-state index in [1.54, 1.807) is 12.1 Å². The van der Waals surface area contributed by atoms with Gasteiger partial charge in [-0.3, -0.25) is 0 Å². The molecule has 0 spiro atoms. The first-order valence-electron chi connectivity index (χ1n) is 6.95.